The standard InChI is InChI=1S/C21H19N5O5S/c1-4-30-14-5-7-16(17(10-14)26(28)29)18-8-6-15(31-18)9-13(11-22)19(27)23-21-25-24-20(32-21)12(2)3/h5-10,12H,4H2,1-3H3,(H,23,25,27)/b13-9-. The summed E-state index contributed by atoms with van der Waals surface area (Å²) in [5, 5.41) is 32.3. The number of rotatable bonds is 8. The number of anilines is 1. The zero-order valence-electron chi connectivity index (χ0n) is 17.5. The number of nitro benzene ring substituents is 1. The first-order valence-electron chi connectivity index (χ1n) is 9.60. The molecule has 2 aromatic heterocycles. The van der Waals surface area contributed by atoms with Crippen molar-refractivity contribution >= 4 is 34.1 Å². The van der Waals surface area contributed by atoms with Crippen LogP contribution in [0, 0.1) is 21.4 Å². The molecular formula is C21H19N5O5S. The van der Waals surface area contributed by atoms with Crippen molar-refractivity contribution < 1.29 is 18.9 Å². The number of nitrogens with one attached hydrogen (secondary N) is 1. The highest BCUT2D eigenvalue weighted by molar-refractivity contribution is 7.15. The molecule has 1 aromatic carbocycles. The van der Waals surface area contributed by atoms with Gasteiger partial charge in [-0.05, 0) is 31.2 Å². The molecule has 0 saturated carbocycles. The van der Waals surface area contributed by atoms with E-state index in [1.165, 1.54) is 41.7 Å². The lowest BCUT2D eigenvalue weighted by Crippen LogP contribution is -2.13. The van der Waals surface area contributed by atoms with E-state index in [1.807, 2.05) is 19.9 Å². The Bertz CT molecular complexity index is 1220. The molecule has 164 valence electrons. The van der Waals surface area contributed by atoms with Gasteiger partial charge in [0, 0.05) is 12.0 Å². The molecule has 0 unspecified atom stereocenters. The second-order valence-electron chi connectivity index (χ2n) is 6.80. The molecule has 0 spiro atoms. The van der Waals surface area contributed by atoms with Crippen LogP contribution < -0.4 is 10.1 Å². The second kappa shape index (κ2) is 9.84. The average molecular weight is 453 g/mol. The summed E-state index contributed by atoms with van der Waals surface area (Å²) in [4.78, 5) is 23.4. The fourth-order valence-electron chi connectivity index (χ4n) is 2.68. The van der Waals surface area contributed by atoms with Crippen LogP contribution in [0.4, 0.5) is 10.8 Å². The third-order valence-electron chi connectivity index (χ3n) is 4.18. The normalized spacial score (nSPS) is 11.3. The number of ether oxygens (including phenoxy) is 1. The SMILES string of the molecule is CCOc1ccc(-c2ccc(/C=C(/C#N)C(=O)Nc3nnc(C(C)C)s3)o2)c([N+](=O)[O-])c1. The zero-order valence-corrected chi connectivity index (χ0v) is 18.3. The van der Waals surface area contributed by atoms with Gasteiger partial charge in [0.15, 0.2) is 0 Å². The van der Waals surface area contributed by atoms with E-state index >= 15 is 0 Å². The number of nitrogens with zero attached hydrogens (tertiary/aromatic N) is 4. The molecule has 0 aliphatic carbocycles. The molecule has 0 saturated heterocycles. The first-order valence-corrected chi connectivity index (χ1v) is 10.4. The van der Waals surface area contributed by atoms with Gasteiger partial charge in [0.25, 0.3) is 11.6 Å². The van der Waals surface area contributed by atoms with E-state index in [4.69, 9.17) is 9.15 Å². The van der Waals surface area contributed by atoms with Crippen molar-refractivity contribution in [2.45, 2.75) is 26.7 Å². The number of nitro groups is 1. The van der Waals surface area contributed by atoms with Gasteiger partial charge < -0.3 is 9.15 Å². The minimum atomic E-state index is -0.663. The van der Waals surface area contributed by atoms with E-state index in [-0.39, 0.29) is 39.4 Å². The third kappa shape index (κ3) is 5.16. The fourth-order valence-corrected chi connectivity index (χ4v) is 3.42. The minimum absolute atomic E-state index is 0.164. The van der Waals surface area contributed by atoms with Crippen LogP contribution in [0.1, 0.15) is 37.5 Å². The molecule has 3 aromatic rings. The molecule has 0 fully saturated rings. The van der Waals surface area contributed by atoms with Crippen LogP contribution in [0.2, 0.25) is 0 Å². The summed E-state index contributed by atoms with van der Waals surface area (Å²) < 4.78 is 11.0. The number of hydrogen-bond acceptors (Lipinski definition) is 9. The van der Waals surface area contributed by atoms with Crippen LogP contribution in [0.25, 0.3) is 17.4 Å². The van der Waals surface area contributed by atoms with E-state index < -0.39 is 10.8 Å². The van der Waals surface area contributed by atoms with E-state index in [9.17, 15) is 20.2 Å². The maximum Gasteiger partial charge on any atom is 0.284 e. The van der Waals surface area contributed by atoms with E-state index in [0.29, 0.717) is 12.4 Å². The second-order valence-corrected chi connectivity index (χ2v) is 7.80. The van der Waals surface area contributed by atoms with Gasteiger partial charge in [0.1, 0.15) is 33.9 Å². The fraction of sp³-hybridized carbons (Fsp3) is 0.238. The van der Waals surface area contributed by atoms with Gasteiger partial charge >= 0.3 is 0 Å². The molecule has 0 aliphatic heterocycles. The van der Waals surface area contributed by atoms with Gasteiger partial charge in [0.05, 0.1) is 23.2 Å². The Hall–Kier alpha value is -4.04. The summed E-state index contributed by atoms with van der Waals surface area (Å²) in [7, 11) is 0. The van der Waals surface area contributed by atoms with Crippen LogP contribution in [0.15, 0.2) is 40.3 Å². The summed E-state index contributed by atoms with van der Waals surface area (Å²) >= 11 is 1.23. The van der Waals surface area contributed by atoms with Gasteiger partial charge in [-0.15, -0.1) is 10.2 Å². The summed E-state index contributed by atoms with van der Waals surface area (Å²) in [6.07, 6.45) is 1.25. The molecule has 1 amide bonds. The number of nitriles is 1. The van der Waals surface area contributed by atoms with E-state index in [1.54, 1.807) is 13.0 Å². The Labute approximate surface area is 187 Å². The van der Waals surface area contributed by atoms with Crippen LogP contribution in [-0.4, -0.2) is 27.6 Å². The predicted octanol–water partition coefficient (Wildman–Crippen LogP) is 4.77. The molecule has 0 radical (unpaired) electrons. The first-order chi connectivity index (χ1) is 15.3. The molecule has 11 heteroatoms. The number of benzene rings is 1. The van der Waals surface area contributed by atoms with Gasteiger partial charge in [-0.25, -0.2) is 0 Å². The largest absolute Gasteiger partial charge is 0.494 e. The zero-order chi connectivity index (χ0) is 23.3. The monoisotopic (exact) mass is 453 g/mol. The molecule has 10 nitrogen and oxygen atoms in total. The number of carbonyl (C=O) groups is 1. The Morgan fingerprint density at radius 1 is 1.38 bits per heavy atom. The molecule has 0 atom stereocenters. The van der Waals surface area contributed by atoms with Gasteiger partial charge in [-0.1, -0.05) is 25.2 Å². The number of hydrogen-bond donors (Lipinski definition) is 1. The topological polar surface area (TPSA) is 144 Å². The molecular weight excluding hydrogens is 434 g/mol. The van der Waals surface area contributed by atoms with Crippen LogP contribution in [0.3, 0.4) is 0 Å². The highest BCUT2D eigenvalue weighted by atomic mass is 32.1. The maximum atomic E-state index is 12.4. The van der Waals surface area contributed by atoms with Gasteiger partial charge in [0.2, 0.25) is 5.13 Å². The lowest BCUT2D eigenvalue weighted by molar-refractivity contribution is -0.384. The molecule has 0 bridgehead atoms. The molecule has 0 aliphatic rings. The maximum absolute atomic E-state index is 12.4. The van der Waals surface area contributed by atoms with Crippen molar-refractivity contribution in [3.63, 3.8) is 0 Å². The first kappa shape index (κ1) is 22.6. The van der Waals surface area contributed by atoms with Crippen LogP contribution in [-0.2, 0) is 4.79 Å². The highest BCUT2D eigenvalue weighted by Gasteiger charge is 2.20. The van der Waals surface area contributed by atoms with E-state index in [2.05, 4.69) is 15.5 Å². The Balaban J connectivity index is 1.84. The summed E-state index contributed by atoms with van der Waals surface area (Å²) in [5.41, 5.74) is -0.152. The summed E-state index contributed by atoms with van der Waals surface area (Å²) in [6, 6.07) is 9.31. The number of furan rings is 1. The molecule has 1 N–H and O–H groups in total. The molecule has 32 heavy (non-hydrogen) atoms. The summed E-state index contributed by atoms with van der Waals surface area (Å²) in [5.74, 6) is 0.279. The van der Waals surface area contributed by atoms with Crippen LogP contribution >= 0.6 is 11.3 Å². The van der Waals surface area contributed by atoms with Crippen molar-refractivity contribution in [3.05, 3.63) is 56.8 Å². The number of aromatic nitrogens is 2. The smallest absolute Gasteiger partial charge is 0.284 e. The van der Waals surface area contributed by atoms with Crippen molar-refractivity contribution in [2.24, 2.45) is 0 Å². The lowest BCUT2D eigenvalue weighted by atomic mass is 10.1. The minimum Gasteiger partial charge on any atom is -0.494 e. The van der Waals surface area contributed by atoms with Crippen molar-refractivity contribution in [1.29, 1.82) is 5.26 Å². The number of carbonyl (C=O) groups excluding carboxylic acids is 1. The Morgan fingerprint density at radius 2 is 2.16 bits per heavy atom. The third-order valence-corrected chi connectivity index (χ3v) is 5.32. The van der Waals surface area contributed by atoms with E-state index in [0.717, 1.165) is 5.01 Å². The quantitative estimate of drug-likeness (QED) is 0.222. The Kier molecular flexibility index (Phi) is 6.97. The molecule has 2 heterocycles. The molecule has 3 rings (SSSR count). The van der Waals surface area contributed by atoms with Crippen molar-refractivity contribution in [1.82, 2.24) is 10.2 Å². The Morgan fingerprint density at radius 3 is 2.78 bits per heavy atom. The highest BCUT2D eigenvalue weighted by Crippen LogP contribution is 2.34. The number of amides is 1. The average Bonchev–Trinajstić information content (AvgIpc) is 3.42. The summed E-state index contributed by atoms with van der Waals surface area (Å²) in [6.45, 7) is 6.06. The van der Waals surface area contributed by atoms with Crippen molar-refractivity contribution in [2.75, 3.05) is 11.9 Å². The van der Waals surface area contributed by atoms with Gasteiger partial charge in [-0.3, -0.25) is 20.2 Å². The lowest BCUT2D eigenvalue weighted by Gasteiger charge is -2.05. The van der Waals surface area contributed by atoms with Crippen LogP contribution in [0.5, 0.6) is 5.75 Å². The van der Waals surface area contributed by atoms with Gasteiger partial charge in [-0.2, -0.15) is 5.26 Å². The predicted molar refractivity (Wildman–Crippen MR) is 118 cm³/mol. The van der Waals surface area contributed by atoms with Crippen molar-refractivity contribution in [3.8, 4) is 23.1 Å².